The molecule has 0 aromatic heterocycles. The number of benzene rings is 1. The lowest BCUT2D eigenvalue weighted by molar-refractivity contribution is 0.0996. The molecule has 1 aromatic rings. The van der Waals surface area contributed by atoms with Crippen LogP contribution in [0.1, 0.15) is 17.3 Å². The predicted octanol–water partition coefficient (Wildman–Crippen LogP) is 3.20. The van der Waals surface area contributed by atoms with E-state index in [-0.39, 0.29) is 11.3 Å². The van der Waals surface area contributed by atoms with Gasteiger partial charge in [0.2, 0.25) is 5.78 Å². The average Bonchev–Trinajstić information content (AvgIpc) is 2.28. The van der Waals surface area contributed by atoms with Gasteiger partial charge in [0.15, 0.2) is 9.84 Å². The Kier molecular flexibility index (Phi) is 4.63. The number of hydrogen-bond acceptors (Lipinski definition) is 3. The first-order chi connectivity index (χ1) is 7.72. The highest BCUT2D eigenvalue weighted by Crippen LogP contribution is 2.33. The van der Waals surface area contributed by atoms with Crippen LogP contribution in [0.15, 0.2) is 28.7 Å². The first kappa shape index (κ1) is 15.0. The lowest BCUT2D eigenvalue weighted by Gasteiger charge is -2.17. The lowest BCUT2D eigenvalue weighted by atomic mass is 10.1. The molecule has 0 N–H and O–H groups in total. The molecule has 0 aliphatic carbocycles. The number of carbonyl (C=O) groups is 1. The molecule has 1 aromatic carbocycles. The molecule has 0 spiro atoms. The molecule has 0 radical (unpaired) electrons. The molecule has 0 fully saturated rings. The van der Waals surface area contributed by atoms with Crippen molar-refractivity contribution in [2.75, 3.05) is 5.75 Å². The van der Waals surface area contributed by atoms with Gasteiger partial charge < -0.3 is 0 Å². The largest absolute Gasteiger partial charge is 0.290 e. The van der Waals surface area contributed by atoms with Crippen LogP contribution in [0.2, 0.25) is 0 Å². The smallest absolute Gasteiger partial charge is 0.280 e. The topological polar surface area (TPSA) is 51.2 Å². The van der Waals surface area contributed by atoms with Crippen molar-refractivity contribution in [2.45, 2.75) is 10.6 Å². The summed E-state index contributed by atoms with van der Waals surface area (Å²) < 4.78 is 21.5. The molecule has 94 valence electrons. The Bertz CT molecular complexity index is 523. The van der Waals surface area contributed by atoms with E-state index in [1.807, 2.05) is 0 Å². The summed E-state index contributed by atoms with van der Waals surface area (Å²) in [5.41, 5.74) is 0.148. The first-order valence-corrected chi connectivity index (χ1v) is 7.83. The molecule has 3 nitrogen and oxygen atoms in total. The van der Waals surface area contributed by atoms with Gasteiger partial charge in [0.25, 0.3) is 3.67 Å². The van der Waals surface area contributed by atoms with Crippen molar-refractivity contribution >= 4 is 54.8 Å². The van der Waals surface area contributed by atoms with Crippen LogP contribution in [0.4, 0.5) is 0 Å². The quantitative estimate of drug-likeness (QED) is 0.612. The second-order valence-electron chi connectivity index (χ2n) is 3.26. The van der Waals surface area contributed by atoms with Crippen molar-refractivity contribution in [3.8, 4) is 0 Å². The number of sulfone groups is 1. The summed E-state index contributed by atoms with van der Waals surface area (Å²) >= 11 is 14.5. The third kappa shape index (κ3) is 3.02. The lowest BCUT2D eigenvalue weighted by Crippen LogP contribution is -2.36. The average molecular weight is 360 g/mol. The third-order valence-electron chi connectivity index (χ3n) is 2.14. The summed E-state index contributed by atoms with van der Waals surface area (Å²) in [5.74, 6) is -1.14. The number of ketones is 1. The van der Waals surface area contributed by atoms with Crippen LogP contribution in [-0.2, 0) is 9.84 Å². The molecule has 0 unspecified atom stereocenters. The van der Waals surface area contributed by atoms with Gasteiger partial charge in [-0.15, -0.1) is 0 Å². The number of halogens is 3. The summed E-state index contributed by atoms with van der Waals surface area (Å²) in [5, 5.41) is 0. The second-order valence-corrected chi connectivity index (χ2v) is 8.37. The van der Waals surface area contributed by atoms with Crippen molar-refractivity contribution in [2.24, 2.45) is 0 Å². The maximum absolute atomic E-state index is 11.9. The van der Waals surface area contributed by atoms with Gasteiger partial charge in [-0.2, -0.15) is 0 Å². The Morgan fingerprint density at radius 2 is 1.76 bits per heavy atom. The molecule has 0 aliphatic rings. The van der Waals surface area contributed by atoms with E-state index < -0.39 is 19.3 Å². The second kappa shape index (κ2) is 5.26. The molecule has 0 heterocycles. The fourth-order valence-corrected chi connectivity index (χ4v) is 2.99. The molecular formula is C10H9BrCl2O3S. The van der Waals surface area contributed by atoms with E-state index in [0.29, 0.717) is 0 Å². The highest BCUT2D eigenvalue weighted by molar-refractivity contribution is 9.10. The van der Waals surface area contributed by atoms with Gasteiger partial charge in [-0.1, -0.05) is 58.2 Å². The number of rotatable bonds is 4. The summed E-state index contributed by atoms with van der Waals surface area (Å²) in [6, 6.07) is 6.12. The number of hydrogen-bond donors (Lipinski definition) is 0. The molecule has 1 rings (SSSR count). The van der Waals surface area contributed by atoms with E-state index in [1.54, 1.807) is 12.1 Å². The molecule has 17 heavy (non-hydrogen) atoms. The van der Waals surface area contributed by atoms with E-state index in [9.17, 15) is 13.2 Å². The normalized spacial score (nSPS) is 12.5. The Labute approximate surface area is 118 Å². The SMILES string of the molecule is CCS(=O)(=O)C(Cl)(Cl)C(=O)c1ccc(Br)cc1. The van der Waals surface area contributed by atoms with Gasteiger partial charge in [-0.25, -0.2) is 8.42 Å². The van der Waals surface area contributed by atoms with Gasteiger partial charge in [-0.3, -0.25) is 4.79 Å². The van der Waals surface area contributed by atoms with Crippen LogP contribution in [-0.4, -0.2) is 23.6 Å². The molecule has 0 saturated heterocycles. The maximum atomic E-state index is 11.9. The zero-order valence-corrected chi connectivity index (χ0v) is 12.7. The fraction of sp³-hybridized carbons (Fsp3) is 0.300. The summed E-state index contributed by atoms with van der Waals surface area (Å²) in [6.45, 7) is 1.38. The standard InChI is InChI=1S/C10H9BrCl2O3S/c1-2-17(15,16)10(12,13)9(14)7-3-5-8(11)6-4-7/h3-6H,2H2,1H3. The minimum absolute atomic E-state index is 0.148. The van der Waals surface area contributed by atoms with Gasteiger partial charge >= 0.3 is 0 Å². The summed E-state index contributed by atoms with van der Waals surface area (Å²) in [6.07, 6.45) is 0. The van der Waals surface area contributed by atoms with Crippen LogP contribution >= 0.6 is 39.1 Å². The Balaban J connectivity index is 3.18. The number of Topliss-reactive ketones (excluding diaryl/α,β-unsaturated/α-hetero) is 1. The van der Waals surface area contributed by atoms with Crippen molar-refractivity contribution in [3.63, 3.8) is 0 Å². The predicted molar refractivity (Wildman–Crippen MR) is 72.4 cm³/mol. The van der Waals surface area contributed by atoms with E-state index in [0.717, 1.165) is 4.47 Å². The van der Waals surface area contributed by atoms with Gasteiger partial charge in [-0.05, 0) is 12.1 Å². The Morgan fingerprint density at radius 1 is 1.29 bits per heavy atom. The first-order valence-electron chi connectivity index (χ1n) is 4.63. The van der Waals surface area contributed by atoms with E-state index in [4.69, 9.17) is 23.2 Å². The highest BCUT2D eigenvalue weighted by Gasteiger charge is 2.46. The van der Waals surface area contributed by atoms with Crippen molar-refractivity contribution < 1.29 is 13.2 Å². The van der Waals surface area contributed by atoms with Crippen molar-refractivity contribution in [3.05, 3.63) is 34.3 Å². The van der Waals surface area contributed by atoms with Crippen LogP contribution < -0.4 is 0 Å². The maximum Gasteiger partial charge on any atom is 0.280 e. The monoisotopic (exact) mass is 358 g/mol. The van der Waals surface area contributed by atoms with E-state index >= 15 is 0 Å². The molecule has 7 heteroatoms. The van der Waals surface area contributed by atoms with Gasteiger partial charge in [0, 0.05) is 10.0 Å². The number of alkyl halides is 2. The third-order valence-corrected chi connectivity index (χ3v) is 6.15. The van der Waals surface area contributed by atoms with Crippen LogP contribution in [0, 0.1) is 0 Å². The molecule has 0 bridgehead atoms. The minimum Gasteiger partial charge on any atom is -0.290 e. The van der Waals surface area contributed by atoms with Crippen LogP contribution in [0.5, 0.6) is 0 Å². The van der Waals surface area contributed by atoms with Crippen LogP contribution in [0.3, 0.4) is 0 Å². The van der Waals surface area contributed by atoms with Gasteiger partial charge in [0.05, 0.1) is 5.75 Å². The fourth-order valence-electron chi connectivity index (χ4n) is 1.09. The Hall–Kier alpha value is -0.100. The molecule has 0 aliphatic heterocycles. The molecule has 0 saturated carbocycles. The zero-order valence-electron chi connectivity index (χ0n) is 8.78. The summed E-state index contributed by atoms with van der Waals surface area (Å²) in [7, 11) is -3.89. The van der Waals surface area contributed by atoms with Crippen LogP contribution in [0.25, 0.3) is 0 Å². The molecular weight excluding hydrogens is 351 g/mol. The van der Waals surface area contributed by atoms with Crippen molar-refractivity contribution in [1.29, 1.82) is 0 Å². The number of carbonyl (C=O) groups excluding carboxylic acids is 1. The van der Waals surface area contributed by atoms with E-state index in [1.165, 1.54) is 19.1 Å². The molecule has 0 atom stereocenters. The highest BCUT2D eigenvalue weighted by atomic mass is 79.9. The van der Waals surface area contributed by atoms with Gasteiger partial charge in [0.1, 0.15) is 0 Å². The zero-order chi connectivity index (χ0) is 13.3. The summed E-state index contributed by atoms with van der Waals surface area (Å²) in [4.78, 5) is 11.9. The minimum atomic E-state index is -3.89. The Morgan fingerprint density at radius 3 is 2.18 bits per heavy atom. The van der Waals surface area contributed by atoms with E-state index in [2.05, 4.69) is 15.9 Å². The van der Waals surface area contributed by atoms with Crippen molar-refractivity contribution in [1.82, 2.24) is 0 Å². The molecule has 0 amide bonds.